The van der Waals surface area contributed by atoms with Crippen LogP contribution in [-0.2, 0) is 14.8 Å². The molecule has 0 radical (unpaired) electrons. The highest BCUT2D eigenvalue weighted by molar-refractivity contribution is 7.89. The minimum atomic E-state index is -3.47. The van der Waals surface area contributed by atoms with Gasteiger partial charge in [-0.15, -0.1) is 0 Å². The predicted molar refractivity (Wildman–Crippen MR) is 64.4 cm³/mol. The summed E-state index contributed by atoms with van der Waals surface area (Å²) >= 11 is 0. The standard InChI is InChI=1S/C10H13N3O3S/c1-13(2)17(15,16)7-3-4-8-9(5-7)12-10(14)6-11-8/h3-5,11H,6H2,1-2H3,(H,12,14). The molecular formula is C10H13N3O3S. The highest BCUT2D eigenvalue weighted by Gasteiger charge is 2.21. The second-order valence-corrected chi connectivity index (χ2v) is 6.05. The lowest BCUT2D eigenvalue weighted by molar-refractivity contribution is -0.114. The van der Waals surface area contributed by atoms with Crippen molar-refractivity contribution < 1.29 is 13.2 Å². The number of nitrogens with zero attached hydrogens (tertiary/aromatic N) is 1. The molecule has 0 unspecified atom stereocenters. The predicted octanol–water partition coefficient (Wildman–Crippen LogP) is 0.301. The van der Waals surface area contributed by atoms with E-state index in [0.29, 0.717) is 5.69 Å². The third kappa shape index (κ3) is 2.11. The Balaban J connectivity index is 2.47. The van der Waals surface area contributed by atoms with E-state index in [1.807, 2.05) is 0 Å². The molecule has 0 bridgehead atoms. The summed E-state index contributed by atoms with van der Waals surface area (Å²) in [4.78, 5) is 11.3. The van der Waals surface area contributed by atoms with Gasteiger partial charge in [0.1, 0.15) is 0 Å². The van der Waals surface area contributed by atoms with Crippen LogP contribution in [0, 0.1) is 0 Å². The van der Waals surface area contributed by atoms with Crippen LogP contribution in [0.2, 0.25) is 0 Å². The van der Waals surface area contributed by atoms with Crippen LogP contribution in [0.4, 0.5) is 11.4 Å². The molecule has 7 heteroatoms. The van der Waals surface area contributed by atoms with Crippen LogP contribution in [0.1, 0.15) is 0 Å². The number of fused-ring (bicyclic) bond motifs is 1. The third-order valence-electron chi connectivity index (χ3n) is 2.48. The Morgan fingerprint density at radius 1 is 1.24 bits per heavy atom. The molecule has 1 aliphatic rings. The van der Waals surface area contributed by atoms with Crippen LogP contribution < -0.4 is 10.6 Å². The van der Waals surface area contributed by atoms with Crippen LogP contribution in [-0.4, -0.2) is 39.3 Å². The minimum Gasteiger partial charge on any atom is -0.374 e. The molecule has 2 rings (SSSR count). The molecule has 0 saturated carbocycles. The molecule has 1 aromatic carbocycles. The first-order valence-corrected chi connectivity index (χ1v) is 6.45. The quantitative estimate of drug-likeness (QED) is 0.796. The van der Waals surface area contributed by atoms with Gasteiger partial charge >= 0.3 is 0 Å². The van der Waals surface area contributed by atoms with E-state index in [1.54, 1.807) is 6.07 Å². The Labute approximate surface area is 99.7 Å². The van der Waals surface area contributed by atoms with E-state index in [4.69, 9.17) is 0 Å². The number of nitrogens with one attached hydrogen (secondary N) is 2. The summed E-state index contributed by atoms with van der Waals surface area (Å²) in [6.07, 6.45) is 0. The highest BCUT2D eigenvalue weighted by atomic mass is 32.2. The van der Waals surface area contributed by atoms with Gasteiger partial charge in [-0.05, 0) is 18.2 Å². The fraction of sp³-hybridized carbons (Fsp3) is 0.300. The maximum absolute atomic E-state index is 11.9. The lowest BCUT2D eigenvalue weighted by Gasteiger charge is -2.20. The Bertz CT molecular complexity index is 566. The smallest absolute Gasteiger partial charge is 0.243 e. The minimum absolute atomic E-state index is 0.158. The number of benzene rings is 1. The first-order valence-electron chi connectivity index (χ1n) is 5.01. The maximum Gasteiger partial charge on any atom is 0.243 e. The Kier molecular flexibility index (Phi) is 2.80. The molecule has 0 aliphatic carbocycles. The number of hydrogen-bond acceptors (Lipinski definition) is 4. The summed E-state index contributed by atoms with van der Waals surface area (Å²) < 4.78 is 24.9. The molecule has 0 spiro atoms. The summed E-state index contributed by atoms with van der Waals surface area (Å²) in [5.74, 6) is -0.183. The molecule has 17 heavy (non-hydrogen) atoms. The molecule has 1 aliphatic heterocycles. The molecule has 0 fully saturated rings. The van der Waals surface area contributed by atoms with Crippen LogP contribution in [0.5, 0.6) is 0 Å². The largest absolute Gasteiger partial charge is 0.374 e. The van der Waals surface area contributed by atoms with Crippen molar-refractivity contribution in [1.29, 1.82) is 0 Å². The van der Waals surface area contributed by atoms with Gasteiger partial charge in [-0.3, -0.25) is 4.79 Å². The Hall–Kier alpha value is -1.60. The average molecular weight is 255 g/mol. The normalized spacial score (nSPS) is 15.1. The van der Waals surface area contributed by atoms with E-state index in [-0.39, 0.29) is 17.3 Å². The van der Waals surface area contributed by atoms with E-state index < -0.39 is 10.0 Å². The van der Waals surface area contributed by atoms with Gasteiger partial charge in [0.05, 0.1) is 22.8 Å². The molecule has 0 atom stereocenters. The summed E-state index contributed by atoms with van der Waals surface area (Å²) in [5, 5.41) is 5.53. The number of sulfonamides is 1. The second-order valence-electron chi connectivity index (χ2n) is 3.90. The first-order chi connectivity index (χ1) is 7.91. The van der Waals surface area contributed by atoms with Gasteiger partial charge in [0.2, 0.25) is 15.9 Å². The van der Waals surface area contributed by atoms with Crippen molar-refractivity contribution in [2.45, 2.75) is 4.90 Å². The van der Waals surface area contributed by atoms with Gasteiger partial charge < -0.3 is 10.6 Å². The van der Waals surface area contributed by atoms with Gasteiger partial charge in [-0.2, -0.15) is 0 Å². The summed E-state index contributed by atoms with van der Waals surface area (Å²) in [7, 11) is -0.546. The molecule has 1 heterocycles. The number of hydrogen-bond donors (Lipinski definition) is 2. The van der Waals surface area contributed by atoms with Crippen molar-refractivity contribution in [2.24, 2.45) is 0 Å². The number of carbonyl (C=O) groups is 1. The van der Waals surface area contributed by atoms with Crippen molar-refractivity contribution in [1.82, 2.24) is 4.31 Å². The molecule has 0 saturated heterocycles. The molecule has 2 N–H and O–H groups in total. The molecule has 1 aromatic rings. The molecule has 0 aromatic heterocycles. The number of anilines is 2. The van der Waals surface area contributed by atoms with Gasteiger partial charge in [-0.1, -0.05) is 0 Å². The van der Waals surface area contributed by atoms with E-state index in [2.05, 4.69) is 10.6 Å². The van der Waals surface area contributed by atoms with Crippen LogP contribution >= 0.6 is 0 Å². The van der Waals surface area contributed by atoms with Gasteiger partial charge in [-0.25, -0.2) is 12.7 Å². The number of amides is 1. The Morgan fingerprint density at radius 3 is 2.59 bits per heavy atom. The summed E-state index contributed by atoms with van der Waals surface area (Å²) in [6.45, 7) is 0.201. The molecule has 1 amide bonds. The van der Waals surface area contributed by atoms with Crippen molar-refractivity contribution >= 4 is 27.3 Å². The summed E-state index contributed by atoms with van der Waals surface area (Å²) in [6, 6.07) is 4.61. The fourth-order valence-electron chi connectivity index (χ4n) is 1.52. The molecule has 6 nitrogen and oxygen atoms in total. The van der Waals surface area contributed by atoms with E-state index in [0.717, 1.165) is 9.99 Å². The van der Waals surface area contributed by atoms with Crippen LogP contribution in [0.3, 0.4) is 0 Å². The lowest BCUT2D eigenvalue weighted by Crippen LogP contribution is -2.28. The van der Waals surface area contributed by atoms with E-state index >= 15 is 0 Å². The lowest BCUT2D eigenvalue weighted by atomic mass is 10.2. The van der Waals surface area contributed by atoms with Crippen molar-refractivity contribution in [2.75, 3.05) is 31.3 Å². The third-order valence-corrected chi connectivity index (χ3v) is 4.29. The maximum atomic E-state index is 11.9. The molecular weight excluding hydrogens is 242 g/mol. The van der Waals surface area contributed by atoms with E-state index in [9.17, 15) is 13.2 Å². The zero-order valence-electron chi connectivity index (χ0n) is 9.52. The zero-order chi connectivity index (χ0) is 12.6. The number of rotatable bonds is 2. The first kappa shape index (κ1) is 11.9. The fourth-order valence-corrected chi connectivity index (χ4v) is 2.45. The van der Waals surface area contributed by atoms with Gasteiger partial charge in [0, 0.05) is 14.1 Å². The van der Waals surface area contributed by atoms with Crippen LogP contribution in [0.15, 0.2) is 23.1 Å². The van der Waals surface area contributed by atoms with Gasteiger partial charge in [0.15, 0.2) is 0 Å². The van der Waals surface area contributed by atoms with Crippen LogP contribution in [0.25, 0.3) is 0 Å². The van der Waals surface area contributed by atoms with Crippen molar-refractivity contribution in [3.63, 3.8) is 0 Å². The van der Waals surface area contributed by atoms with Gasteiger partial charge in [0.25, 0.3) is 0 Å². The topological polar surface area (TPSA) is 78.5 Å². The monoisotopic (exact) mass is 255 g/mol. The summed E-state index contributed by atoms with van der Waals surface area (Å²) in [5.41, 5.74) is 1.21. The van der Waals surface area contributed by atoms with E-state index in [1.165, 1.54) is 26.2 Å². The van der Waals surface area contributed by atoms with Crippen molar-refractivity contribution in [3.05, 3.63) is 18.2 Å². The second kappa shape index (κ2) is 4.01. The van der Waals surface area contributed by atoms with Crippen molar-refractivity contribution in [3.8, 4) is 0 Å². The average Bonchev–Trinajstić information content (AvgIpc) is 2.27. The SMILES string of the molecule is CN(C)S(=O)(=O)c1ccc2c(c1)NC(=O)CN2. The zero-order valence-corrected chi connectivity index (χ0v) is 10.3. The Morgan fingerprint density at radius 2 is 1.94 bits per heavy atom. The molecule has 92 valence electrons. The number of carbonyl (C=O) groups excluding carboxylic acids is 1. The highest BCUT2D eigenvalue weighted by Crippen LogP contribution is 2.28.